The van der Waals surface area contributed by atoms with Gasteiger partial charge in [-0.3, -0.25) is 14.3 Å². The minimum atomic E-state index is -0.175. The maximum absolute atomic E-state index is 12.9. The summed E-state index contributed by atoms with van der Waals surface area (Å²) in [5.41, 5.74) is 4.75. The van der Waals surface area contributed by atoms with Crippen LogP contribution in [0.4, 0.5) is 5.69 Å². The van der Waals surface area contributed by atoms with Crippen LogP contribution < -0.4 is 10.6 Å². The third kappa shape index (κ3) is 4.66. The normalized spacial score (nSPS) is 17.1. The van der Waals surface area contributed by atoms with Crippen LogP contribution >= 0.6 is 23.6 Å². The second-order valence-electron chi connectivity index (χ2n) is 9.20. The van der Waals surface area contributed by atoms with Gasteiger partial charge in [-0.2, -0.15) is 0 Å². The lowest BCUT2D eigenvalue weighted by molar-refractivity contribution is -0.116. The maximum atomic E-state index is 12.9. The monoisotopic (exact) mass is 538 g/mol. The molecule has 0 bridgehead atoms. The number of rotatable bonds is 7. The fourth-order valence-corrected chi connectivity index (χ4v) is 6.19. The number of thiazole rings is 1. The number of anilines is 1. The zero-order valence-corrected chi connectivity index (χ0v) is 22.4. The van der Waals surface area contributed by atoms with Crippen molar-refractivity contribution < 1.29 is 4.79 Å². The molecule has 1 fully saturated rings. The molecule has 4 heterocycles. The highest BCUT2D eigenvalue weighted by atomic mass is 32.1. The Morgan fingerprint density at radius 2 is 1.87 bits per heavy atom. The van der Waals surface area contributed by atoms with Crippen LogP contribution in [0.5, 0.6) is 0 Å². The quantitative estimate of drug-likeness (QED) is 0.256. The van der Waals surface area contributed by atoms with E-state index in [1.165, 1.54) is 0 Å². The average Bonchev–Trinajstić information content (AvgIpc) is 3.65. The number of carbonyl (C=O) groups is 1. The standard InChI is InChI=1S/C29H26N6OS2/c1-19-9-2-3-10-20(19)31-25(36)15-18-35-27(26(33-28(35)37)22-12-6-7-16-30-22)23-13-8-17-34(23)29-32-21-11-4-5-14-24(21)38-29/h2-14,16-17,26-27H,15,18H2,1H3,(H,31,36)(H,33,37). The molecule has 190 valence electrons. The van der Waals surface area contributed by atoms with Crippen molar-refractivity contribution in [3.63, 3.8) is 0 Å². The van der Waals surface area contributed by atoms with Crippen LogP contribution in [-0.4, -0.2) is 37.0 Å². The maximum Gasteiger partial charge on any atom is 0.226 e. The van der Waals surface area contributed by atoms with Crippen LogP contribution in [0.2, 0.25) is 0 Å². The number of amides is 1. The Bertz CT molecular complexity index is 1580. The van der Waals surface area contributed by atoms with E-state index in [1.54, 1.807) is 17.5 Å². The molecule has 9 heteroatoms. The molecule has 5 aromatic rings. The van der Waals surface area contributed by atoms with Gasteiger partial charge >= 0.3 is 0 Å². The number of hydrogen-bond donors (Lipinski definition) is 2. The lowest BCUT2D eigenvalue weighted by Gasteiger charge is -2.28. The van der Waals surface area contributed by atoms with Crippen molar-refractivity contribution in [2.24, 2.45) is 0 Å². The first-order valence-corrected chi connectivity index (χ1v) is 13.7. The highest BCUT2D eigenvalue weighted by Gasteiger charge is 2.41. The van der Waals surface area contributed by atoms with E-state index in [1.807, 2.05) is 79.9 Å². The first-order valence-electron chi connectivity index (χ1n) is 12.5. The number of aromatic nitrogens is 3. The number of para-hydroxylation sites is 2. The molecule has 0 spiro atoms. The molecule has 1 amide bonds. The van der Waals surface area contributed by atoms with Gasteiger partial charge in [-0.05, 0) is 67.2 Å². The van der Waals surface area contributed by atoms with E-state index in [0.29, 0.717) is 18.1 Å². The molecule has 2 N–H and O–H groups in total. The van der Waals surface area contributed by atoms with Gasteiger partial charge in [0.15, 0.2) is 10.2 Å². The third-order valence-corrected chi connectivity index (χ3v) is 8.16. The molecule has 38 heavy (non-hydrogen) atoms. The van der Waals surface area contributed by atoms with Crippen LogP contribution in [0.15, 0.2) is 91.3 Å². The summed E-state index contributed by atoms with van der Waals surface area (Å²) in [5, 5.41) is 8.01. The molecular formula is C29H26N6OS2. The zero-order chi connectivity index (χ0) is 26.1. The van der Waals surface area contributed by atoms with E-state index in [-0.39, 0.29) is 18.0 Å². The molecule has 2 atom stereocenters. The molecule has 3 aromatic heterocycles. The number of thiocarbonyl (C=S) groups is 1. The summed E-state index contributed by atoms with van der Waals surface area (Å²) in [7, 11) is 0. The van der Waals surface area contributed by atoms with Gasteiger partial charge in [0.2, 0.25) is 5.91 Å². The van der Waals surface area contributed by atoms with Crippen molar-refractivity contribution >= 4 is 50.5 Å². The number of hydrogen-bond acceptors (Lipinski definition) is 5. The van der Waals surface area contributed by atoms with Gasteiger partial charge in [0.25, 0.3) is 0 Å². The first-order chi connectivity index (χ1) is 18.6. The number of benzene rings is 2. The molecule has 0 radical (unpaired) electrons. The Morgan fingerprint density at radius 1 is 1.05 bits per heavy atom. The van der Waals surface area contributed by atoms with E-state index in [4.69, 9.17) is 17.2 Å². The average molecular weight is 539 g/mol. The molecular weight excluding hydrogens is 512 g/mol. The van der Waals surface area contributed by atoms with Crippen LogP contribution in [0.1, 0.15) is 35.5 Å². The fourth-order valence-electron chi connectivity index (χ4n) is 4.89. The van der Waals surface area contributed by atoms with Crippen molar-refractivity contribution in [1.82, 2.24) is 24.8 Å². The van der Waals surface area contributed by atoms with Crippen LogP contribution in [0.25, 0.3) is 15.3 Å². The van der Waals surface area contributed by atoms with E-state index in [0.717, 1.165) is 38.0 Å². The highest BCUT2D eigenvalue weighted by molar-refractivity contribution is 7.80. The smallest absolute Gasteiger partial charge is 0.226 e. The highest BCUT2D eigenvalue weighted by Crippen LogP contribution is 2.40. The topological polar surface area (TPSA) is 75.1 Å². The SMILES string of the molecule is Cc1ccccc1NC(=O)CCN1C(=S)NC(c2ccccn2)C1c1cccn1-c1nc2ccccc2s1. The number of fused-ring (bicyclic) bond motifs is 1. The van der Waals surface area contributed by atoms with Crippen LogP contribution in [0, 0.1) is 6.92 Å². The van der Waals surface area contributed by atoms with E-state index < -0.39 is 0 Å². The lowest BCUT2D eigenvalue weighted by atomic mass is 10.0. The Labute approximate surface area is 230 Å². The lowest BCUT2D eigenvalue weighted by Crippen LogP contribution is -2.33. The van der Waals surface area contributed by atoms with Gasteiger partial charge in [0.05, 0.1) is 33.7 Å². The summed E-state index contributed by atoms with van der Waals surface area (Å²) in [4.78, 5) is 24.6. The Hall–Kier alpha value is -4.08. The molecule has 1 saturated heterocycles. The Morgan fingerprint density at radius 3 is 2.68 bits per heavy atom. The van der Waals surface area contributed by atoms with Crippen molar-refractivity contribution in [2.45, 2.75) is 25.4 Å². The molecule has 2 aromatic carbocycles. The fraction of sp³-hybridized carbons (Fsp3) is 0.172. The van der Waals surface area contributed by atoms with Crippen molar-refractivity contribution in [3.05, 3.63) is 108 Å². The zero-order valence-electron chi connectivity index (χ0n) is 20.7. The number of nitrogens with one attached hydrogen (secondary N) is 2. The van der Waals surface area contributed by atoms with E-state index in [2.05, 4.69) is 37.2 Å². The molecule has 6 rings (SSSR count). The molecule has 0 saturated carbocycles. The summed E-state index contributed by atoms with van der Waals surface area (Å²) in [6.45, 7) is 2.45. The van der Waals surface area contributed by atoms with Gasteiger partial charge in [0, 0.05) is 31.0 Å². The summed E-state index contributed by atoms with van der Waals surface area (Å²) >= 11 is 7.46. The minimum Gasteiger partial charge on any atom is -0.352 e. The van der Waals surface area contributed by atoms with Gasteiger partial charge in [-0.1, -0.05) is 47.7 Å². The summed E-state index contributed by atoms with van der Waals surface area (Å²) in [6, 6.07) is 25.6. The largest absolute Gasteiger partial charge is 0.352 e. The van der Waals surface area contributed by atoms with Gasteiger partial charge in [-0.25, -0.2) is 4.98 Å². The molecule has 7 nitrogen and oxygen atoms in total. The molecule has 0 aliphatic carbocycles. The second kappa shape index (κ2) is 10.4. The number of carbonyl (C=O) groups excluding carboxylic acids is 1. The van der Waals surface area contributed by atoms with Gasteiger partial charge in [-0.15, -0.1) is 0 Å². The Kier molecular flexibility index (Phi) is 6.61. The van der Waals surface area contributed by atoms with Crippen LogP contribution in [-0.2, 0) is 4.79 Å². The van der Waals surface area contributed by atoms with Crippen LogP contribution in [0.3, 0.4) is 0 Å². The van der Waals surface area contributed by atoms with Crippen molar-refractivity contribution in [3.8, 4) is 5.13 Å². The number of pyridine rings is 1. The summed E-state index contributed by atoms with van der Waals surface area (Å²) in [6.07, 6.45) is 4.12. The number of nitrogens with zero attached hydrogens (tertiary/aromatic N) is 4. The third-order valence-electron chi connectivity index (χ3n) is 6.77. The Balaban J connectivity index is 1.32. The molecule has 2 unspecified atom stereocenters. The summed E-state index contributed by atoms with van der Waals surface area (Å²) in [5.74, 6) is -0.0521. The first kappa shape index (κ1) is 24.3. The minimum absolute atomic E-state index is 0.0521. The predicted octanol–water partition coefficient (Wildman–Crippen LogP) is 5.79. The van der Waals surface area contributed by atoms with Crippen molar-refractivity contribution in [1.29, 1.82) is 0 Å². The van der Waals surface area contributed by atoms with E-state index >= 15 is 0 Å². The molecule has 1 aliphatic heterocycles. The number of aryl methyl sites for hydroxylation is 1. The predicted molar refractivity (Wildman–Crippen MR) is 156 cm³/mol. The molecule has 1 aliphatic rings. The van der Waals surface area contributed by atoms with E-state index in [9.17, 15) is 4.79 Å². The van der Waals surface area contributed by atoms with Gasteiger partial charge < -0.3 is 15.5 Å². The van der Waals surface area contributed by atoms with Gasteiger partial charge in [0.1, 0.15) is 0 Å². The van der Waals surface area contributed by atoms with Crippen molar-refractivity contribution in [2.75, 3.05) is 11.9 Å². The summed E-state index contributed by atoms with van der Waals surface area (Å²) < 4.78 is 3.26. The second-order valence-corrected chi connectivity index (χ2v) is 10.6.